The average molecular weight is 249 g/mol. The third-order valence-corrected chi connectivity index (χ3v) is 3.36. The van der Waals surface area contributed by atoms with Crippen LogP contribution < -0.4 is 10.1 Å². The van der Waals surface area contributed by atoms with Crippen LogP contribution in [0.4, 0.5) is 0 Å². The minimum absolute atomic E-state index is 0.539. The lowest BCUT2D eigenvalue weighted by atomic mass is 10.0. The van der Waals surface area contributed by atoms with Crippen LogP contribution in [-0.4, -0.2) is 29.7 Å². The molecule has 1 aromatic heterocycles. The van der Waals surface area contributed by atoms with E-state index in [-0.39, 0.29) is 0 Å². The van der Waals surface area contributed by atoms with Crippen LogP contribution in [-0.2, 0) is 6.42 Å². The van der Waals surface area contributed by atoms with Crippen LogP contribution in [0.2, 0.25) is 0 Å². The van der Waals surface area contributed by atoms with E-state index in [9.17, 15) is 0 Å². The number of aromatic nitrogens is 2. The van der Waals surface area contributed by atoms with Gasteiger partial charge in [-0.3, -0.25) is 0 Å². The molecule has 4 heteroatoms. The Morgan fingerprint density at radius 3 is 2.94 bits per heavy atom. The molecular formula is C14H23N3O. The number of methoxy groups -OCH3 is 1. The van der Waals surface area contributed by atoms with Gasteiger partial charge in [-0.15, -0.1) is 0 Å². The van der Waals surface area contributed by atoms with Crippen LogP contribution in [0, 0.1) is 5.92 Å². The van der Waals surface area contributed by atoms with E-state index < -0.39 is 0 Å². The van der Waals surface area contributed by atoms with Crippen molar-refractivity contribution < 1.29 is 4.74 Å². The standard InChI is InChI=1S/C14H23N3O/c1-3-6-15-12(7-11-4-5-11)8-13-9-14(18-2)17-10-16-13/h9-12,15H,3-8H2,1-2H3. The highest BCUT2D eigenvalue weighted by molar-refractivity contribution is 5.14. The van der Waals surface area contributed by atoms with Crippen molar-refractivity contribution in [2.45, 2.75) is 45.1 Å². The summed E-state index contributed by atoms with van der Waals surface area (Å²) in [4.78, 5) is 8.38. The number of nitrogens with one attached hydrogen (secondary N) is 1. The maximum Gasteiger partial charge on any atom is 0.216 e. The van der Waals surface area contributed by atoms with Gasteiger partial charge in [-0.25, -0.2) is 9.97 Å². The van der Waals surface area contributed by atoms with E-state index >= 15 is 0 Å². The van der Waals surface area contributed by atoms with Crippen molar-refractivity contribution in [3.8, 4) is 5.88 Å². The third-order valence-electron chi connectivity index (χ3n) is 3.36. The quantitative estimate of drug-likeness (QED) is 0.767. The highest BCUT2D eigenvalue weighted by Crippen LogP contribution is 2.34. The first kappa shape index (κ1) is 13.3. The topological polar surface area (TPSA) is 47.0 Å². The molecule has 0 bridgehead atoms. The number of ether oxygens (including phenoxy) is 1. The Hall–Kier alpha value is -1.16. The summed E-state index contributed by atoms with van der Waals surface area (Å²) >= 11 is 0. The zero-order valence-corrected chi connectivity index (χ0v) is 11.4. The fraction of sp³-hybridized carbons (Fsp3) is 0.714. The summed E-state index contributed by atoms with van der Waals surface area (Å²) in [6.07, 6.45) is 7.80. The molecule has 2 rings (SSSR count). The highest BCUT2D eigenvalue weighted by Gasteiger charge is 2.25. The first-order valence-electron chi connectivity index (χ1n) is 6.90. The van der Waals surface area contributed by atoms with Gasteiger partial charge >= 0.3 is 0 Å². The van der Waals surface area contributed by atoms with E-state index in [0.29, 0.717) is 11.9 Å². The molecule has 1 atom stereocenters. The minimum Gasteiger partial charge on any atom is -0.481 e. The molecule has 100 valence electrons. The molecule has 1 aromatic rings. The molecule has 0 aromatic carbocycles. The van der Waals surface area contributed by atoms with Gasteiger partial charge in [0.25, 0.3) is 0 Å². The van der Waals surface area contributed by atoms with Gasteiger partial charge in [-0.05, 0) is 25.3 Å². The second-order valence-corrected chi connectivity index (χ2v) is 5.09. The van der Waals surface area contributed by atoms with E-state index in [2.05, 4.69) is 22.2 Å². The van der Waals surface area contributed by atoms with Gasteiger partial charge in [0, 0.05) is 24.2 Å². The molecule has 1 saturated carbocycles. The van der Waals surface area contributed by atoms with Gasteiger partial charge in [-0.2, -0.15) is 0 Å². The molecular weight excluding hydrogens is 226 g/mol. The van der Waals surface area contributed by atoms with Crippen LogP contribution in [0.5, 0.6) is 5.88 Å². The van der Waals surface area contributed by atoms with E-state index in [1.165, 1.54) is 25.7 Å². The van der Waals surface area contributed by atoms with Crippen molar-refractivity contribution in [1.29, 1.82) is 0 Å². The molecule has 1 aliphatic carbocycles. The third kappa shape index (κ3) is 4.26. The summed E-state index contributed by atoms with van der Waals surface area (Å²) in [7, 11) is 1.64. The van der Waals surface area contributed by atoms with Crippen molar-refractivity contribution in [3.63, 3.8) is 0 Å². The molecule has 1 aliphatic rings. The normalized spacial score (nSPS) is 16.6. The van der Waals surface area contributed by atoms with Crippen molar-refractivity contribution in [2.75, 3.05) is 13.7 Å². The lowest BCUT2D eigenvalue weighted by Gasteiger charge is -2.18. The second-order valence-electron chi connectivity index (χ2n) is 5.09. The van der Waals surface area contributed by atoms with E-state index in [1.54, 1.807) is 13.4 Å². The van der Waals surface area contributed by atoms with E-state index in [4.69, 9.17) is 4.74 Å². The molecule has 0 aliphatic heterocycles. The van der Waals surface area contributed by atoms with E-state index in [1.807, 2.05) is 6.07 Å². The Morgan fingerprint density at radius 2 is 2.28 bits per heavy atom. The second kappa shape index (κ2) is 6.69. The lowest BCUT2D eigenvalue weighted by molar-refractivity contribution is 0.394. The predicted molar refractivity (Wildman–Crippen MR) is 71.7 cm³/mol. The fourth-order valence-electron chi connectivity index (χ4n) is 2.20. The maximum absolute atomic E-state index is 5.14. The number of hydrogen-bond acceptors (Lipinski definition) is 4. The number of hydrogen-bond donors (Lipinski definition) is 1. The van der Waals surface area contributed by atoms with Gasteiger partial charge in [0.05, 0.1) is 7.11 Å². The highest BCUT2D eigenvalue weighted by atomic mass is 16.5. The van der Waals surface area contributed by atoms with E-state index in [0.717, 1.165) is 24.6 Å². The molecule has 0 radical (unpaired) electrons. The largest absolute Gasteiger partial charge is 0.481 e. The van der Waals surface area contributed by atoms with Crippen LogP contribution in [0.15, 0.2) is 12.4 Å². The number of rotatable bonds is 8. The molecule has 1 N–H and O–H groups in total. The summed E-state index contributed by atoms with van der Waals surface area (Å²) in [6.45, 7) is 3.29. The van der Waals surface area contributed by atoms with Gasteiger partial charge in [0.15, 0.2) is 0 Å². The Labute approximate surface area is 109 Å². The smallest absolute Gasteiger partial charge is 0.216 e. The van der Waals surface area contributed by atoms with Crippen LogP contribution >= 0.6 is 0 Å². The van der Waals surface area contributed by atoms with Gasteiger partial charge in [0.1, 0.15) is 6.33 Å². The first-order valence-corrected chi connectivity index (χ1v) is 6.90. The zero-order valence-electron chi connectivity index (χ0n) is 11.4. The van der Waals surface area contributed by atoms with Crippen molar-refractivity contribution in [1.82, 2.24) is 15.3 Å². The van der Waals surface area contributed by atoms with Crippen molar-refractivity contribution >= 4 is 0 Å². The SMILES string of the molecule is CCCNC(Cc1cc(OC)ncn1)CC1CC1. The lowest BCUT2D eigenvalue weighted by Crippen LogP contribution is -2.32. The van der Waals surface area contributed by atoms with Gasteiger partial charge in [-0.1, -0.05) is 19.8 Å². The monoisotopic (exact) mass is 249 g/mol. The summed E-state index contributed by atoms with van der Waals surface area (Å²) in [5, 5.41) is 3.63. The maximum atomic E-state index is 5.14. The summed E-state index contributed by atoms with van der Waals surface area (Å²) in [6, 6.07) is 2.48. The molecule has 1 unspecified atom stereocenters. The fourth-order valence-corrected chi connectivity index (χ4v) is 2.20. The Balaban J connectivity index is 1.92. The first-order chi connectivity index (χ1) is 8.81. The molecule has 1 fully saturated rings. The van der Waals surface area contributed by atoms with Crippen molar-refractivity contribution in [3.05, 3.63) is 18.1 Å². The Kier molecular flexibility index (Phi) is 4.93. The zero-order chi connectivity index (χ0) is 12.8. The molecule has 1 heterocycles. The van der Waals surface area contributed by atoms with Crippen molar-refractivity contribution in [2.24, 2.45) is 5.92 Å². The minimum atomic E-state index is 0.539. The predicted octanol–water partition coefficient (Wildman–Crippen LogP) is 2.20. The Morgan fingerprint density at radius 1 is 1.44 bits per heavy atom. The molecule has 4 nitrogen and oxygen atoms in total. The average Bonchev–Trinajstić information content (AvgIpc) is 3.20. The summed E-state index contributed by atoms with van der Waals surface area (Å²) in [5.74, 6) is 1.59. The van der Waals surface area contributed by atoms with Gasteiger partial charge < -0.3 is 10.1 Å². The molecule has 0 saturated heterocycles. The summed E-state index contributed by atoms with van der Waals surface area (Å²) < 4.78 is 5.14. The summed E-state index contributed by atoms with van der Waals surface area (Å²) in [5.41, 5.74) is 1.07. The van der Waals surface area contributed by atoms with Crippen LogP contribution in [0.25, 0.3) is 0 Å². The molecule has 0 spiro atoms. The molecule has 18 heavy (non-hydrogen) atoms. The van der Waals surface area contributed by atoms with Gasteiger partial charge in [0.2, 0.25) is 5.88 Å². The molecule has 0 amide bonds. The van der Waals surface area contributed by atoms with Crippen LogP contribution in [0.3, 0.4) is 0 Å². The van der Waals surface area contributed by atoms with Crippen LogP contribution in [0.1, 0.15) is 38.3 Å². The number of nitrogens with zero attached hydrogens (tertiary/aromatic N) is 2. The Bertz CT molecular complexity index is 366.